The Labute approximate surface area is 123 Å². The van der Waals surface area contributed by atoms with Gasteiger partial charge in [-0.05, 0) is 31.2 Å². The first kappa shape index (κ1) is 14.7. The number of thioether (sulfide) groups is 1. The Hall–Kier alpha value is -1.67. The lowest BCUT2D eigenvalue weighted by atomic mass is 9.96. The van der Waals surface area contributed by atoms with Gasteiger partial charge in [0.25, 0.3) is 0 Å². The number of hydrogen-bond acceptors (Lipinski definition) is 5. The molecule has 4 nitrogen and oxygen atoms in total. The highest BCUT2D eigenvalue weighted by Crippen LogP contribution is 2.31. The Kier molecular flexibility index (Phi) is 4.91. The molecule has 5 heteroatoms. The molecule has 1 saturated heterocycles. The van der Waals surface area contributed by atoms with Crippen molar-refractivity contribution < 1.29 is 9.53 Å². The fourth-order valence-corrected chi connectivity index (χ4v) is 3.16. The van der Waals surface area contributed by atoms with Gasteiger partial charge in [-0.15, -0.1) is 11.8 Å². The summed E-state index contributed by atoms with van der Waals surface area (Å²) in [5.74, 6) is -0.131. The quantitative estimate of drug-likeness (QED) is 0.633. The van der Waals surface area contributed by atoms with E-state index in [2.05, 4.69) is 11.0 Å². The van der Waals surface area contributed by atoms with Gasteiger partial charge in [-0.3, -0.25) is 4.79 Å². The van der Waals surface area contributed by atoms with E-state index < -0.39 is 0 Å². The molecule has 0 atom stereocenters. The number of nitrogens with zero attached hydrogens (tertiary/aromatic N) is 2. The number of nitriles is 1. The zero-order valence-corrected chi connectivity index (χ0v) is 12.6. The van der Waals surface area contributed by atoms with Crippen molar-refractivity contribution in [1.29, 1.82) is 5.26 Å². The molecule has 0 unspecified atom stereocenters. The van der Waals surface area contributed by atoms with Gasteiger partial charge >= 0.3 is 5.97 Å². The number of benzene rings is 1. The summed E-state index contributed by atoms with van der Waals surface area (Å²) in [5, 5.41) is 9.38. The van der Waals surface area contributed by atoms with E-state index in [-0.39, 0.29) is 11.9 Å². The third-order valence-electron chi connectivity index (χ3n) is 3.71. The highest BCUT2D eigenvalue weighted by atomic mass is 32.2. The summed E-state index contributed by atoms with van der Waals surface area (Å²) in [4.78, 5) is 14.7. The van der Waals surface area contributed by atoms with Gasteiger partial charge in [0.2, 0.25) is 0 Å². The smallest absolute Gasteiger partial charge is 0.308 e. The van der Waals surface area contributed by atoms with Crippen LogP contribution in [0.15, 0.2) is 23.1 Å². The van der Waals surface area contributed by atoms with Gasteiger partial charge in [0.15, 0.2) is 0 Å². The van der Waals surface area contributed by atoms with Crippen molar-refractivity contribution >= 4 is 23.4 Å². The summed E-state index contributed by atoms with van der Waals surface area (Å²) in [6, 6.07) is 8.23. The number of rotatable bonds is 3. The Bertz CT molecular complexity index is 531. The summed E-state index contributed by atoms with van der Waals surface area (Å²) in [7, 11) is 1.43. The topological polar surface area (TPSA) is 53.3 Å². The summed E-state index contributed by atoms with van der Waals surface area (Å²) in [6.45, 7) is 1.57. The van der Waals surface area contributed by atoms with Crippen LogP contribution >= 0.6 is 11.8 Å². The molecule has 0 bridgehead atoms. The number of methoxy groups -OCH3 is 1. The van der Waals surface area contributed by atoms with Gasteiger partial charge < -0.3 is 9.64 Å². The number of hydrogen-bond donors (Lipinski definition) is 0. The zero-order valence-electron chi connectivity index (χ0n) is 11.8. The second-order valence-corrected chi connectivity index (χ2v) is 5.60. The van der Waals surface area contributed by atoms with Gasteiger partial charge in [0, 0.05) is 18.0 Å². The average Bonchev–Trinajstić information content (AvgIpc) is 2.53. The van der Waals surface area contributed by atoms with Crippen LogP contribution in [0.4, 0.5) is 5.69 Å². The van der Waals surface area contributed by atoms with Crippen molar-refractivity contribution in [2.24, 2.45) is 5.92 Å². The van der Waals surface area contributed by atoms with Gasteiger partial charge in [0.1, 0.15) is 6.07 Å². The van der Waals surface area contributed by atoms with E-state index in [4.69, 9.17) is 4.74 Å². The normalized spacial score (nSPS) is 15.8. The molecule has 1 heterocycles. The molecule has 1 aromatic rings. The van der Waals surface area contributed by atoms with Crippen LogP contribution in [0.3, 0.4) is 0 Å². The van der Waals surface area contributed by atoms with E-state index in [9.17, 15) is 10.1 Å². The molecule has 1 aromatic carbocycles. The summed E-state index contributed by atoms with van der Waals surface area (Å²) < 4.78 is 4.80. The fourth-order valence-electron chi connectivity index (χ4n) is 2.59. The largest absolute Gasteiger partial charge is 0.469 e. The molecule has 1 aliphatic heterocycles. The molecule has 1 fully saturated rings. The Morgan fingerprint density at radius 2 is 2.15 bits per heavy atom. The van der Waals surface area contributed by atoms with Crippen molar-refractivity contribution in [1.82, 2.24) is 0 Å². The lowest BCUT2D eigenvalue weighted by Crippen LogP contribution is -2.37. The molecule has 0 N–H and O–H groups in total. The van der Waals surface area contributed by atoms with Crippen molar-refractivity contribution in [2.75, 3.05) is 31.4 Å². The van der Waals surface area contributed by atoms with E-state index in [1.165, 1.54) is 7.11 Å². The van der Waals surface area contributed by atoms with E-state index in [1.54, 1.807) is 11.8 Å². The molecule has 0 spiro atoms. The Morgan fingerprint density at radius 3 is 2.70 bits per heavy atom. The highest BCUT2D eigenvalue weighted by molar-refractivity contribution is 7.98. The number of carbonyl (C=O) groups excluding carboxylic acids is 1. The predicted octanol–water partition coefficient (Wildman–Crippen LogP) is 2.67. The van der Waals surface area contributed by atoms with Crippen LogP contribution in [0.2, 0.25) is 0 Å². The number of esters is 1. The van der Waals surface area contributed by atoms with Crippen molar-refractivity contribution in [3.05, 3.63) is 23.8 Å². The van der Waals surface area contributed by atoms with Crippen molar-refractivity contribution in [2.45, 2.75) is 17.7 Å². The lowest BCUT2D eigenvalue weighted by molar-refractivity contribution is -0.146. The number of piperidine rings is 1. The molecule has 0 amide bonds. The SMILES string of the molecule is COC(=O)C1CCN(c2cccc(SC)c2C#N)CC1. The van der Waals surface area contributed by atoms with Gasteiger partial charge in [0.05, 0.1) is 24.3 Å². The molecule has 0 radical (unpaired) electrons. The third kappa shape index (κ3) is 2.91. The number of carbonyl (C=O) groups is 1. The molecule has 0 aliphatic carbocycles. The van der Waals surface area contributed by atoms with Crippen LogP contribution in [-0.4, -0.2) is 32.4 Å². The minimum Gasteiger partial charge on any atom is -0.469 e. The Morgan fingerprint density at radius 1 is 1.45 bits per heavy atom. The van der Waals surface area contributed by atoms with Crippen LogP contribution < -0.4 is 4.90 Å². The zero-order chi connectivity index (χ0) is 14.5. The predicted molar refractivity (Wildman–Crippen MR) is 79.9 cm³/mol. The third-order valence-corrected chi connectivity index (χ3v) is 4.49. The maximum absolute atomic E-state index is 11.5. The van der Waals surface area contributed by atoms with Crippen LogP contribution in [0, 0.1) is 17.2 Å². The number of ether oxygens (including phenoxy) is 1. The van der Waals surface area contributed by atoms with Crippen LogP contribution in [0.5, 0.6) is 0 Å². The van der Waals surface area contributed by atoms with Crippen molar-refractivity contribution in [3.8, 4) is 6.07 Å². The molecule has 1 aliphatic rings. The van der Waals surface area contributed by atoms with E-state index in [0.717, 1.165) is 42.1 Å². The first-order chi connectivity index (χ1) is 9.71. The maximum atomic E-state index is 11.5. The van der Waals surface area contributed by atoms with Crippen LogP contribution in [-0.2, 0) is 9.53 Å². The minimum atomic E-state index is -0.122. The number of anilines is 1. The molecule has 20 heavy (non-hydrogen) atoms. The second kappa shape index (κ2) is 6.67. The lowest BCUT2D eigenvalue weighted by Gasteiger charge is -2.33. The highest BCUT2D eigenvalue weighted by Gasteiger charge is 2.26. The second-order valence-electron chi connectivity index (χ2n) is 4.75. The first-order valence-electron chi connectivity index (χ1n) is 6.61. The van der Waals surface area contributed by atoms with Gasteiger partial charge in [-0.25, -0.2) is 0 Å². The molecule has 2 rings (SSSR count). The maximum Gasteiger partial charge on any atom is 0.308 e. The molecule has 0 aromatic heterocycles. The monoisotopic (exact) mass is 290 g/mol. The standard InChI is InChI=1S/C15H18N2O2S/c1-19-15(18)11-6-8-17(9-7-11)13-4-3-5-14(20-2)12(13)10-16/h3-5,11H,6-9H2,1-2H3. The van der Waals surface area contributed by atoms with Gasteiger partial charge in [-0.2, -0.15) is 5.26 Å². The van der Waals surface area contributed by atoms with Crippen LogP contribution in [0.1, 0.15) is 18.4 Å². The minimum absolute atomic E-state index is 0.00878. The van der Waals surface area contributed by atoms with Crippen molar-refractivity contribution in [3.63, 3.8) is 0 Å². The molecule has 0 saturated carbocycles. The van der Waals surface area contributed by atoms with Gasteiger partial charge in [-0.1, -0.05) is 6.07 Å². The summed E-state index contributed by atoms with van der Waals surface area (Å²) >= 11 is 1.58. The molecular formula is C15H18N2O2S. The van der Waals surface area contributed by atoms with E-state index in [1.807, 2.05) is 24.5 Å². The average molecular weight is 290 g/mol. The van der Waals surface area contributed by atoms with E-state index >= 15 is 0 Å². The summed E-state index contributed by atoms with van der Waals surface area (Å²) in [6.07, 6.45) is 3.53. The van der Waals surface area contributed by atoms with E-state index in [0.29, 0.717) is 0 Å². The fraction of sp³-hybridized carbons (Fsp3) is 0.467. The summed E-state index contributed by atoms with van der Waals surface area (Å²) in [5.41, 5.74) is 1.71. The molecular weight excluding hydrogens is 272 g/mol. The Balaban J connectivity index is 2.15. The van der Waals surface area contributed by atoms with Crippen LogP contribution in [0.25, 0.3) is 0 Å². The molecule has 106 valence electrons. The first-order valence-corrected chi connectivity index (χ1v) is 7.83.